The van der Waals surface area contributed by atoms with Crippen molar-refractivity contribution in [2.75, 3.05) is 5.84 Å². The Labute approximate surface area is 70.4 Å². The Balaban J connectivity index is 3.58. The van der Waals surface area contributed by atoms with Gasteiger partial charge in [0.2, 0.25) is 10.5 Å². The van der Waals surface area contributed by atoms with Crippen LogP contribution in [0.5, 0.6) is 0 Å². The molecule has 64 valence electrons. The summed E-state index contributed by atoms with van der Waals surface area (Å²) >= 11 is 4.51. The molecule has 0 aliphatic rings. The Morgan fingerprint density at radius 3 is 2.83 bits per heavy atom. The lowest BCUT2D eigenvalue weighted by Gasteiger charge is -1.96. The van der Waals surface area contributed by atoms with Crippen LogP contribution in [0.2, 0.25) is 0 Å². The number of nitrogen functional groups attached to an aromatic ring is 1. The summed E-state index contributed by atoms with van der Waals surface area (Å²) in [4.78, 5) is 21.2. The van der Waals surface area contributed by atoms with Gasteiger partial charge in [0.25, 0.3) is 0 Å². The number of hydrogen-bond donors (Lipinski definition) is 3. The number of hydrogen-bond acceptors (Lipinski definition) is 5. The van der Waals surface area contributed by atoms with Crippen LogP contribution in [0.25, 0.3) is 0 Å². The van der Waals surface area contributed by atoms with E-state index in [0.29, 0.717) is 4.68 Å². The van der Waals surface area contributed by atoms with E-state index in [2.05, 4.69) is 22.4 Å². The molecule has 0 bridgehead atoms. The fraction of sp³-hybridized carbons (Fsp3) is 0. The summed E-state index contributed by atoms with van der Waals surface area (Å²) in [6, 6.07) is 0. The van der Waals surface area contributed by atoms with E-state index < -0.39 is 17.2 Å². The molecule has 0 saturated carbocycles. The van der Waals surface area contributed by atoms with E-state index in [1.54, 1.807) is 0 Å². The number of aromatic amines is 1. The zero-order chi connectivity index (χ0) is 9.30. The lowest BCUT2D eigenvalue weighted by molar-refractivity contribution is 0.0686. The topological polar surface area (TPSA) is 114 Å². The van der Waals surface area contributed by atoms with Gasteiger partial charge in [-0.25, -0.2) is 4.79 Å². The predicted octanol–water partition coefficient (Wildman–Crippen LogP) is -1.29. The minimum atomic E-state index is -1.45. The molecule has 0 amide bonds. The van der Waals surface area contributed by atoms with E-state index in [1.165, 1.54) is 0 Å². The normalized spacial score (nSPS) is 9.67. The number of nitrogens with one attached hydrogen (secondary N) is 1. The Hall–Kier alpha value is -1.70. The molecule has 0 unspecified atom stereocenters. The van der Waals surface area contributed by atoms with Gasteiger partial charge >= 0.3 is 11.5 Å². The predicted molar refractivity (Wildman–Crippen MR) is 40.8 cm³/mol. The molecular formula is C4H4N4O3S. The summed E-state index contributed by atoms with van der Waals surface area (Å²) in [6.45, 7) is 0. The second-order valence-corrected chi connectivity index (χ2v) is 2.24. The smallest absolute Gasteiger partial charge is 0.362 e. The van der Waals surface area contributed by atoms with Crippen molar-refractivity contribution in [3.8, 4) is 0 Å². The summed E-state index contributed by atoms with van der Waals surface area (Å²) in [6.07, 6.45) is 0. The number of nitrogens with two attached hydrogens (primary N) is 1. The van der Waals surface area contributed by atoms with E-state index >= 15 is 0 Å². The standard InChI is InChI=1S/C4H4N4O3S/c5-8-2(9)1(3(10)11)6-7-4(8)12/h5H2,(H,7,12)(H,10,11). The van der Waals surface area contributed by atoms with Crippen molar-refractivity contribution in [3.05, 3.63) is 20.8 Å². The fourth-order valence-electron chi connectivity index (χ4n) is 0.551. The molecule has 0 aromatic carbocycles. The Morgan fingerprint density at radius 1 is 1.75 bits per heavy atom. The lowest BCUT2D eigenvalue weighted by Crippen LogP contribution is -2.34. The van der Waals surface area contributed by atoms with Crippen LogP contribution in [0, 0.1) is 4.77 Å². The van der Waals surface area contributed by atoms with Gasteiger partial charge < -0.3 is 10.9 Å². The van der Waals surface area contributed by atoms with Gasteiger partial charge in [-0.2, -0.15) is 9.77 Å². The second-order valence-electron chi connectivity index (χ2n) is 1.86. The second kappa shape index (κ2) is 2.74. The molecule has 0 fully saturated rings. The largest absolute Gasteiger partial charge is 0.476 e. The fourth-order valence-corrected chi connectivity index (χ4v) is 0.680. The summed E-state index contributed by atoms with van der Waals surface area (Å²) in [5.41, 5.74) is -1.63. The number of carboxylic acid groups (broad SMARTS) is 1. The van der Waals surface area contributed by atoms with E-state index in [0.717, 1.165) is 0 Å². The summed E-state index contributed by atoms with van der Waals surface area (Å²) < 4.78 is 0.371. The Bertz CT molecular complexity index is 433. The van der Waals surface area contributed by atoms with Crippen LogP contribution in [-0.2, 0) is 0 Å². The van der Waals surface area contributed by atoms with Gasteiger partial charge in [-0.15, -0.1) is 0 Å². The monoisotopic (exact) mass is 188 g/mol. The molecule has 0 radical (unpaired) electrons. The first-order chi connectivity index (χ1) is 5.54. The number of aromatic carboxylic acids is 1. The third-order valence-electron chi connectivity index (χ3n) is 1.11. The van der Waals surface area contributed by atoms with E-state index in [9.17, 15) is 9.59 Å². The lowest BCUT2D eigenvalue weighted by atomic mass is 10.5. The maximum Gasteiger partial charge on any atom is 0.362 e. The zero-order valence-corrected chi connectivity index (χ0v) is 6.46. The molecular weight excluding hydrogens is 184 g/mol. The van der Waals surface area contributed by atoms with Gasteiger partial charge in [-0.05, 0) is 12.2 Å². The highest BCUT2D eigenvalue weighted by Gasteiger charge is 2.12. The summed E-state index contributed by atoms with van der Waals surface area (Å²) in [5, 5.41) is 13.7. The van der Waals surface area contributed by atoms with Crippen LogP contribution >= 0.6 is 12.2 Å². The molecule has 8 heteroatoms. The van der Waals surface area contributed by atoms with Crippen LogP contribution in [-0.4, -0.2) is 25.9 Å². The molecule has 0 spiro atoms. The highest BCUT2D eigenvalue weighted by Crippen LogP contribution is 1.81. The summed E-state index contributed by atoms with van der Waals surface area (Å²) in [5.74, 6) is 3.63. The molecule has 4 N–H and O–H groups in total. The molecule has 7 nitrogen and oxygen atoms in total. The van der Waals surface area contributed by atoms with Gasteiger partial charge in [0.15, 0.2) is 0 Å². The molecule has 0 atom stereocenters. The molecule has 0 aliphatic heterocycles. The molecule has 0 aliphatic carbocycles. The van der Waals surface area contributed by atoms with E-state index in [4.69, 9.17) is 10.9 Å². The average Bonchev–Trinajstić information content (AvgIpc) is 2.00. The maximum absolute atomic E-state index is 10.9. The van der Waals surface area contributed by atoms with Crippen molar-refractivity contribution in [3.63, 3.8) is 0 Å². The van der Waals surface area contributed by atoms with Crippen LogP contribution < -0.4 is 11.4 Å². The summed E-state index contributed by atoms with van der Waals surface area (Å²) in [7, 11) is 0. The van der Waals surface area contributed by atoms with Gasteiger partial charge in [-0.3, -0.25) is 9.89 Å². The van der Waals surface area contributed by atoms with Crippen molar-refractivity contribution in [1.29, 1.82) is 0 Å². The molecule has 1 aromatic heterocycles. The molecule has 1 aromatic rings. The first-order valence-electron chi connectivity index (χ1n) is 2.74. The van der Waals surface area contributed by atoms with E-state index in [1.807, 2.05) is 0 Å². The van der Waals surface area contributed by atoms with Crippen LogP contribution in [0.15, 0.2) is 4.79 Å². The SMILES string of the molecule is Nn1c(=S)[nH]nc(C(=O)O)c1=O. The molecule has 0 saturated heterocycles. The number of rotatable bonds is 1. The van der Waals surface area contributed by atoms with Gasteiger partial charge in [0, 0.05) is 0 Å². The van der Waals surface area contributed by atoms with Crippen LogP contribution in [0.3, 0.4) is 0 Å². The zero-order valence-electron chi connectivity index (χ0n) is 5.64. The Morgan fingerprint density at radius 2 is 2.33 bits per heavy atom. The number of nitrogens with zero attached hydrogens (tertiary/aromatic N) is 2. The van der Waals surface area contributed by atoms with Crippen LogP contribution in [0.1, 0.15) is 10.5 Å². The highest BCUT2D eigenvalue weighted by atomic mass is 32.1. The number of aromatic nitrogens is 3. The van der Waals surface area contributed by atoms with Crippen molar-refractivity contribution in [1.82, 2.24) is 14.9 Å². The van der Waals surface area contributed by atoms with Crippen molar-refractivity contribution < 1.29 is 9.90 Å². The van der Waals surface area contributed by atoms with Crippen molar-refractivity contribution in [2.24, 2.45) is 0 Å². The van der Waals surface area contributed by atoms with Gasteiger partial charge in [-0.1, -0.05) is 0 Å². The number of H-pyrrole nitrogens is 1. The number of carbonyl (C=O) groups is 1. The van der Waals surface area contributed by atoms with E-state index in [-0.39, 0.29) is 4.77 Å². The minimum absolute atomic E-state index is 0.134. The van der Waals surface area contributed by atoms with Gasteiger partial charge in [0.05, 0.1) is 0 Å². The molecule has 1 heterocycles. The van der Waals surface area contributed by atoms with Crippen molar-refractivity contribution in [2.45, 2.75) is 0 Å². The number of carboxylic acids is 1. The average molecular weight is 188 g/mol. The third kappa shape index (κ3) is 1.19. The first-order valence-corrected chi connectivity index (χ1v) is 3.15. The quantitative estimate of drug-likeness (QED) is 0.373. The van der Waals surface area contributed by atoms with Crippen molar-refractivity contribution >= 4 is 18.2 Å². The first kappa shape index (κ1) is 8.40. The third-order valence-corrected chi connectivity index (χ3v) is 1.39. The molecule has 12 heavy (non-hydrogen) atoms. The van der Waals surface area contributed by atoms with Crippen LogP contribution in [0.4, 0.5) is 0 Å². The minimum Gasteiger partial charge on any atom is -0.476 e. The Kier molecular flexibility index (Phi) is 1.92. The maximum atomic E-state index is 10.9. The molecule has 1 rings (SSSR count). The van der Waals surface area contributed by atoms with Gasteiger partial charge in [0.1, 0.15) is 0 Å². The highest BCUT2D eigenvalue weighted by molar-refractivity contribution is 7.71.